The molecule has 0 unspecified atom stereocenters. The number of Topliss-reactive ketones (excluding diaryl/α,β-unsaturated/α-hetero) is 1. The molecule has 0 heterocycles. The highest BCUT2D eigenvalue weighted by atomic mass is 35.5. The molecule has 1 aliphatic rings. The number of hydrogen-bond donors (Lipinski definition) is 0. The molecule has 1 fully saturated rings. The van der Waals surface area contributed by atoms with Crippen molar-refractivity contribution in [2.45, 2.75) is 49.2 Å². The van der Waals surface area contributed by atoms with E-state index < -0.39 is 0 Å². The Kier molecular flexibility index (Phi) is 4.52. The van der Waals surface area contributed by atoms with Gasteiger partial charge in [-0.3, -0.25) is 4.79 Å². The van der Waals surface area contributed by atoms with E-state index in [1.54, 1.807) is 13.0 Å². The topological polar surface area (TPSA) is 17.1 Å². The van der Waals surface area contributed by atoms with Crippen LogP contribution in [0.15, 0.2) is 23.1 Å². The van der Waals surface area contributed by atoms with E-state index in [4.69, 9.17) is 11.6 Å². The van der Waals surface area contributed by atoms with Gasteiger partial charge in [-0.05, 0) is 31.9 Å². The first kappa shape index (κ1) is 13.0. The van der Waals surface area contributed by atoms with Crippen molar-refractivity contribution in [3.63, 3.8) is 0 Å². The van der Waals surface area contributed by atoms with Gasteiger partial charge < -0.3 is 0 Å². The Morgan fingerprint density at radius 3 is 2.59 bits per heavy atom. The normalized spacial score (nSPS) is 17.1. The second-order valence-electron chi connectivity index (χ2n) is 4.58. The summed E-state index contributed by atoms with van der Waals surface area (Å²) >= 11 is 8.09. The molecule has 1 nitrogen and oxygen atoms in total. The van der Waals surface area contributed by atoms with Crippen LogP contribution in [0, 0.1) is 0 Å². The molecule has 0 aromatic heterocycles. The second-order valence-corrected chi connectivity index (χ2v) is 6.33. The first-order valence-electron chi connectivity index (χ1n) is 6.14. The Balaban J connectivity index is 2.08. The summed E-state index contributed by atoms with van der Waals surface area (Å²) in [5, 5.41) is 1.41. The Hall–Kier alpha value is -0.470. The number of hydrogen-bond acceptors (Lipinski definition) is 2. The summed E-state index contributed by atoms with van der Waals surface area (Å²) in [6.45, 7) is 1.57. The predicted octanol–water partition coefficient (Wildman–Crippen LogP) is 4.97. The van der Waals surface area contributed by atoms with E-state index >= 15 is 0 Å². The molecule has 1 aliphatic carbocycles. The number of rotatable bonds is 3. The molecule has 3 heteroatoms. The van der Waals surface area contributed by atoms with Crippen LogP contribution in [0.5, 0.6) is 0 Å². The molecule has 92 valence electrons. The van der Waals surface area contributed by atoms with Gasteiger partial charge in [-0.1, -0.05) is 36.9 Å². The summed E-state index contributed by atoms with van der Waals surface area (Å²) in [7, 11) is 0. The lowest BCUT2D eigenvalue weighted by molar-refractivity contribution is 0.101. The quantitative estimate of drug-likeness (QED) is 0.720. The number of halogens is 1. The number of thioether (sulfide) groups is 1. The summed E-state index contributed by atoms with van der Waals surface area (Å²) in [4.78, 5) is 12.3. The maximum absolute atomic E-state index is 11.2. The fourth-order valence-corrected chi connectivity index (χ4v) is 3.74. The molecule has 0 amide bonds. The second kappa shape index (κ2) is 5.92. The molecule has 0 spiro atoms. The van der Waals surface area contributed by atoms with E-state index in [-0.39, 0.29) is 5.78 Å². The van der Waals surface area contributed by atoms with Crippen molar-refractivity contribution in [3.8, 4) is 0 Å². The van der Waals surface area contributed by atoms with Gasteiger partial charge in [-0.2, -0.15) is 0 Å². The molecule has 1 aromatic rings. The van der Waals surface area contributed by atoms with Crippen molar-refractivity contribution < 1.29 is 4.79 Å². The van der Waals surface area contributed by atoms with E-state index in [1.807, 2.05) is 23.9 Å². The largest absolute Gasteiger partial charge is 0.295 e. The molecule has 0 radical (unpaired) electrons. The van der Waals surface area contributed by atoms with Crippen LogP contribution in [-0.2, 0) is 0 Å². The Morgan fingerprint density at radius 2 is 2.00 bits per heavy atom. The lowest BCUT2D eigenvalue weighted by Gasteiger charge is -2.21. The van der Waals surface area contributed by atoms with Crippen LogP contribution in [0.4, 0.5) is 0 Å². The van der Waals surface area contributed by atoms with Crippen LogP contribution in [0.3, 0.4) is 0 Å². The van der Waals surface area contributed by atoms with Crippen molar-refractivity contribution in [3.05, 3.63) is 28.8 Å². The van der Waals surface area contributed by atoms with Crippen LogP contribution in [0.25, 0.3) is 0 Å². The van der Waals surface area contributed by atoms with Crippen molar-refractivity contribution >= 4 is 29.1 Å². The molecular weight excluding hydrogens is 252 g/mol. The van der Waals surface area contributed by atoms with Crippen LogP contribution < -0.4 is 0 Å². The first-order chi connectivity index (χ1) is 8.16. The van der Waals surface area contributed by atoms with E-state index in [0.717, 1.165) is 4.90 Å². The SMILES string of the molecule is CC(=O)c1ccc(SC2CCCCC2)c(Cl)c1. The van der Waals surface area contributed by atoms with Gasteiger partial charge >= 0.3 is 0 Å². The Labute approximate surface area is 112 Å². The molecule has 0 saturated heterocycles. The third-order valence-electron chi connectivity index (χ3n) is 3.18. The fourth-order valence-electron chi connectivity index (χ4n) is 2.18. The average molecular weight is 269 g/mol. The van der Waals surface area contributed by atoms with Gasteiger partial charge in [0.1, 0.15) is 0 Å². The van der Waals surface area contributed by atoms with Gasteiger partial charge in [0.25, 0.3) is 0 Å². The zero-order chi connectivity index (χ0) is 12.3. The first-order valence-corrected chi connectivity index (χ1v) is 7.40. The number of carbonyl (C=O) groups excluding carboxylic acids is 1. The summed E-state index contributed by atoms with van der Waals surface area (Å²) in [5.74, 6) is 0.0705. The molecule has 2 rings (SSSR count). The maximum Gasteiger partial charge on any atom is 0.159 e. The molecule has 1 saturated carbocycles. The van der Waals surface area contributed by atoms with Gasteiger partial charge in [0.05, 0.1) is 5.02 Å². The fraction of sp³-hybridized carbons (Fsp3) is 0.500. The monoisotopic (exact) mass is 268 g/mol. The summed E-state index contributed by atoms with van der Waals surface area (Å²) < 4.78 is 0. The lowest BCUT2D eigenvalue weighted by atomic mass is 10.0. The van der Waals surface area contributed by atoms with Gasteiger partial charge in [-0.15, -0.1) is 11.8 Å². The van der Waals surface area contributed by atoms with Crippen molar-refractivity contribution in [1.82, 2.24) is 0 Å². The van der Waals surface area contributed by atoms with Crippen LogP contribution in [0.1, 0.15) is 49.4 Å². The number of ketones is 1. The number of carbonyl (C=O) groups is 1. The van der Waals surface area contributed by atoms with E-state index in [2.05, 4.69) is 0 Å². The lowest BCUT2D eigenvalue weighted by Crippen LogP contribution is -2.07. The van der Waals surface area contributed by atoms with E-state index in [9.17, 15) is 4.79 Å². The van der Waals surface area contributed by atoms with Crippen LogP contribution in [0.2, 0.25) is 5.02 Å². The highest BCUT2D eigenvalue weighted by molar-refractivity contribution is 8.00. The minimum absolute atomic E-state index is 0.0705. The highest BCUT2D eigenvalue weighted by Crippen LogP contribution is 2.37. The Morgan fingerprint density at radius 1 is 1.29 bits per heavy atom. The van der Waals surface area contributed by atoms with Crippen molar-refractivity contribution in [1.29, 1.82) is 0 Å². The number of benzene rings is 1. The van der Waals surface area contributed by atoms with E-state index in [0.29, 0.717) is 15.8 Å². The van der Waals surface area contributed by atoms with Gasteiger partial charge in [0.2, 0.25) is 0 Å². The smallest absolute Gasteiger partial charge is 0.159 e. The highest BCUT2D eigenvalue weighted by Gasteiger charge is 2.16. The minimum atomic E-state index is 0.0705. The van der Waals surface area contributed by atoms with E-state index in [1.165, 1.54) is 32.1 Å². The zero-order valence-corrected chi connectivity index (χ0v) is 11.6. The van der Waals surface area contributed by atoms with Crippen molar-refractivity contribution in [2.75, 3.05) is 0 Å². The molecule has 17 heavy (non-hydrogen) atoms. The maximum atomic E-state index is 11.2. The predicted molar refractivity (Wildman–Crippen MR) is 74.2 cm³/mol. The third-order valence-corrected chi connectivity index (χ3v) is 5.02. The average Bonchev–Trinajstić information content (AvgIpc) is 2.33. The molecular formula is C14H17ClOS. The van der Waals surface area contributed by atoms with Crippen LogP contribution in [-0.4, -0.2) is 11.0 Å². The minimum Gasteiger partial charge on any atom is -0.295 e. The zero-order valence-electron chi connectivity index (χ0n) is 10.0. The third kappa shape index (κ3) is 3.49. The van der Waals surface area contributed by atoms with Gasteiger partial charge in [0.15, 0.2) is 5.78 Å². The molecule has 1 aromatic carbocycles. The molecule has 0 N–H and O–H groups in total. The Bertz CT molecular complexity index is 411. The molecule has 0 atom stereocenters. The van der Waals surface area contributed by atoms with Crippen molar-refractivity contribution in [2.24, 2.45) is 0 Å². The molecule has 0 bridgehead atoms. The molecule has 0 aliphatic heterocycles. The van der Waals surface area contributed by atoms with Gasteiger partial charge in [0, 0.05) is 15.7 Å². The summed E-state index contributed by atoms with van der Waals surface area (Å²) in [6, 6.07) is 5.65. The summed E-state index contributed by atoms with van der Waals surface area (Å²) in [5.41, 5.74) is 0.697. The summed E-state index contributed by atoms with van der Waals surface area (Å²) in [6.07, 6.45) is 6.61. The van der Waals surface area contributed by atoms with Gasteiger partial charge in [-0.25, -0.2) is 0 Å². The van der Waals surface area contributed by atoms with Crippen LogP contribution >= 0.6 is 23.4 Å². The standard InChI is InChI=1S/C14H17ClOS/c1-10(16)11-7-8-14(13(15)9-11)17-12-5-3-2-4-6-12/h7-9,12H,2-6H2,1H3.